The van der Waals surface area contributed by atoms with Crippen molar-refractivity contribution in [2.45, 2.75) is 0 Å². The molecule has 0 fully saturated rings. The molecule has 5 N–H and O–H groups in total. The smallest absolute Gasteiger partial charge is 0.337 e. The first-order chi connectivity index (χ1) is 13.5. The number of carboxylic acids is 2. The maximum absolute atomic E-state index is 10.2. The number of carbonyl (C=O) groups is 2. The molecule has 142 valence electrons. The first kappa shape index (κ1) is 19.9. The van der Waals surface area contributed by atoms with Crippen LogP contribution in [0.15, 0.2) is 61.7 Å². The summed E-state index contributed by atoms with van der Waals surface area (Å²) < 4.78 is 0. The van der Waals surface area contributed by atoms with Gasteiger partial charge in [-0.1, -0.05) is 0 Å². The Labute approximate surface area is 158 Å². The second kappa shape index (κ2) is 9.91. The summed E-state index contributed by atoms with van der Waals surface area (Å²) in [5.41, 5.74) is 7.22. The van der Waals surface area contributed by atoms with Crippen LogP contribution in [-0.2, 0) is 0 Å². The zero-order chi connectivity index (χ0) is 20.4. The predicted octanol–water partition coefficient (Wildman–Crippen LogP) is 1.49. The van der Waals surface area contributed by atoms with Crippen molar-refractivity contribution in [2.75, 3.05) is 5.73 Å². The topological polar surface area (TPSA) is 181 Å². The van der Waals surface area contributed by atoms with Crippen LogP contribution in [0.5, 0.6) is 0 Å². The molecule has 11 nitrogen and oxygen atoms in total. The molecule has 0 atom stereocenters. The van der Waals surface area contributed by atoms with Gasteiger partial charge in [0.25, 0.3) is 0 Å². The lowest BCUT2D eigenvalue weighted by Crippen LogP contribution is -1.94. The largest absolute Gasteiger partial charge is 0.478 e. The van der Waals surface area contributed by atoms with Crippen LogP contribution in [0.4, 0.5) is 5.82 Å². The SMILES string of the molecule is Nc1ncnc2nc[nH]c12.O=C(O)c1cccnc1.O=C(O)c1cccnc1. The average molecular weight is 381 g/mol. The number of aromatic carboxylic acids is 2. The Hall–Kier alpha value is -4.41. The highest BCUT2D eigenvalue weighted by Crippen LogP contribution is 2.09. The van der Waals surface area contributed by atoms with E-state index in [4.69, 9.17) is 15.9 Å². The van der Waals surface area contributed by atoms with Crippen molar-refractivity contribution in [1.82, 2.24) is 29.9 Å². The lowest BCUT2D eigenvalue weighted by Gasteiger charge is -1.89. The van der Waals surface area contributed by atoms with E-state index >= 15 is 0 Å². The van der Waals surface area contributed by atoms with Gasteiger partial charge in [0, 0.05) is 24.8 Å². The van der Waals surface area contributed by atoms with Crippen LogP contribution in [0.2, 0.25) is 0 Å². The zero-order valence-electron chi connectivity index (χ0n) is 14.3. The molecule has 0 radical (unpaired) electrons. The Bertz CT molecular complexity index is 990. The molecule has 28 heavy (non-hydrogen) atoms. The number of rotatable bonds is 2. The highest BCUT2D eigenvalue weighted by molar-refractivity contribution is 5.87. The molecule has 0 spiro atoms. The number of nitrogens with two attached hydrogens (primary N) is 1. The molecule has 0 bridgehead atoms. The van der Waals surface area contributed by atoms with Crippen LogP contribution in [0, 0.1) is 0 Å². The van der Waals surface area contributed by atoms with E-state index in [1.54, 1.807) is 12.1 Å². The summed E-state index contributed by atoms with van der Waals surface area (Å²) in [4.78, 5) is 41.9. The number of pyridine rings is 2. The van der Waals surface area contributed by atoms with Crippen LogP contribution in [-0.4, -0.2) is 52.1 Å². The van der Waals surface area contributed by atoms with Crippen LogP contribution in [0.3, 0.4) is 0 Å². The number of aromatic amines is 1. The molecule has 4 heterocycles. The number of nitrogens with one attached hydrogen (secondary N) is 1. The van der Waals surface area contributed by atoms with E-state index in [-0.39, 0.29) is 11.1 Å². The van der Waals surface area contributed by atoms with Crippen molar-refractivity contribution < 1.29 is 19.8 Å². The van der Waals surface area contributed by atoms with Crippen LogP contribution >= 0.6 is 0 Å². The van der Waals surface area contributed by atoms with Gasteiger partial charge in [-0.05, 0) is 24.3 Å². The molecule has 0 aliphatic rings. The van der Waals surface area contributed by atoms with Gasteiger partial charge in [-0.3, -0.25) is 9.97 Å². The number of anilines is 1. The summed E-state index contributed by atoms with van der Waals surface area (Å²) >= 11 is 0. The van der Waals surface area contributed by atoms with E-state index in [1.807, 2.05) is 0 Å². The molecule has 0 unspecified atom stereocenters. The van der Waals surface area contributed by atoms with Gasteiger partial charge in [-0.15, -0.1) is 0 Å². The van der Waals surface area contributed by atoms with Gasteiger partial charge in [0.15, 0.2) is 11.5 Å². The van der Waals surface area contributed by atoms with Crippen molar-refractivity contribution in [3.8, 4) is 0 Å². The van der Waals surface area contributed by atoms with Crippen LogP contribution < -0.4 is 5.73 Å². The third kappa shape index (κ3) is 5.84. The van der Waals surface area contributed by atoms with Crippen LogP contribution in [0.25, 0.3) is 11.2 Å². The zero-order valence-corrected chi connectivity index (χ0v) is 14.3. The molecule has 0 saturated carbocycles. The van der Waals surface area contributed by atoms with Gasteiger partial charge in [0.2, 0.25) is 0 Å². The van der Waals surface area contributed by atoms with Crippen molar-refractivity contribution >= 4 is 28.9 Å². The number of imidazole rings is 1. The number of carboxylic acid groups (broad SMARTS) is 2. The minimum absolute atomic E-state index is 0.220. The molecule has 4 aromatic rings. The molecular formula is C17H15N7O4. The van der Waals surface area contributed by atoms with Gasteiger partial charge in [0.05, 0.1) is 17.5 Å². The van der Waals surface area contributed by atoms with Gasteiger partial charge < -0.3 is 20.9 Å². The number of aromatic nitrogens is 6. The number of nitrogen functional groups attached to an aromatic ring is 1. The molecule has 0 aliphatic carbocycles. The Balaban J connectivity index is 0.000000151. The second-order valence-electron chi connectivity index (χ2n) is 4.95. The second-order valence-corrected chi connectivity index (χ2v) is 4.95. The fourth-order valence-electron chi connectivity index (χ4n) is 1.76. The first-order valence-corrected chi connectivity index (χ1v) is 7.65. The lowest BCUT2D eigenvalue weighted by atomic mass is 10.3. The number of fused-ring (bicyclic) bond motifs is 1. The fourth-order valence-corrected chi connectivity index (χ4v) is 1.76. The molecule has 0 aromatic carbocycles. The van der Waals surface area contributed by atoms with Crippen LogP contribution in [0.1, 0.15) is 20.7 Å². The van der Waals surface area contributed by atoms with Crippen molar-refractivity contribution in [3.05, 3.63) is 72.8 Å². The maximum atomic E-state index is 10.2. The number of H-pyrrole nitrogens is 1. The monoisotopic (exact) mass is 381 g/mol. The van der Waals surface area contributed by atoms with E-state index in [0.717, 1.165) is 0 Å². The average Bonchev–Trinajstić information content (AvgIpc) is 3.21. The summed E-state index contributed by atoms with van der Waals surface area (Å²) in [5, 5.41) is 16.7. The number of nitrogens with zero attached hydrogens (tertiary/aromatic N) is 5. The summed E-state index contributed by atoms with van der Waals surface area (Å²) in [6.45, 7) is 0. The molecule has 0 amide bonds. The standard InChI is InChI=1S/2C6H5NO2.C5H5N5/c2*8-6(9)5-2-1-3-7-4-5;6-4-3-5(9-1-7-3)10-2-8-4/h2*1-4H,(H,8,9);1-2H,(H3,6,7,8,9,10). The highest BCUT2D eigenvalue weighted by Gasteiger charge is 1.99. The minimum Gasteiger partial charge on any atom is -0.478 e. The van der Waals surface area contributed by atoms with Gasteiger partial charge in [-0.2, -0.15) is 0 Å². The number of hydrogen-bond acceptors (Lipinski definition) is 8. The molecular weight excluding hydrogens is 366 g/mol. The van der Waals surface area contributed by atoms with E-state index in [9.17, 15) is 9.59 Å². The Morgan fingerprint density at radius 2 is 1.46 bits per heavy atom. The van der Waals surface area contributed by atoms with E-state index in [0.29, 0.717) is 17.0 Å². The predicted molar refractivity (Wildman–Crippen MR) is 98.5 cm³/mol. The Morgan fingerprint density at radius 1 is 0.893 bits per heavy atom. The molecule has 0 aliphatic heterocycles. The Morgan fingerprint density at radius 3 is 1.86 bits per heavy atom. The van der Waals surface area contributed by atoms with Gasteiger partial charge >= 0.3 is 11.9 Å². The van der Waals surface area contributed by atoms with E-state index in [2.05, 4.69) is 29.9 Å². The summed E-state index contributed by atoms with van der Waals surface area (Å²) in [7, 11) is 0. The quantitative estimate of drug-likeness (QED) is 0.397. The first-order valence-electron chi connectivity index (χ1n) is 7.65. The third-order valence-corrected chi connectivity index (χ3v) is 3.07. The molecule has 11 heteroatoms. The number of hydrogen-bond donors (Lipinski definition) is 4. The normalized spacial score (nSPS) is 9.43. The molecule has 4 rings (SSSR count). The van der Waals surface area contributed by atoms with Crippen molar-refractivity contribution in [1.29, 1.82) is 0 Å². The summed E-state index contributed by atoms with van der Waals surface area (Å²) in [6.07, 6.45) is 8.61. The van der Waals surface area contributed by atoms with Crippen molar-refractivity contribution in [3.63, 3.8) is 0 Å². The van der Waals surface area contributed by atoms with Gasteiger partial charge in [-0.25, -0.2) is 24.5 Å². The summed E-state index contributed by atoms with van der Waals surface area (Å²) in [5.74, 6) is -1.45. The third-order valence-electron chi connectivity index (χ3n) is 3.07. The minimum atomic E-state index is -0.942. The lowest BCUT2D eigenvalue weighted by molar-refractivity contribution is 0.0685. The maximum Gasteiger partial charge on any atom is 0.337 e. The Kier molecular flexibility index (Phi) is 7.05. The van der Waals surface area contributed by atoms with E-state index < -0.39 is 11.9 Å². The molecule has 4 aromatic heterocycles. The van der Waals surface area contributed by atoms with E-state index in [1.165, 1.54) is 49.6 Å². The summed E-state index contributed by atoms with van der Waals surface area (Å²) in [6, 6.07) is 6.16. The fraction of sp³-hybridized carbons (Fsp3) is 0. The van der Waals surface area contributed by atoms with Gasteiger partial charge in [0.1, 0.15) is 11.8 Å². The van der Waals surface area contributed by atoms with Crippen molar-refractivity contribution in [2.24, 2.45) is 0 Å². The molecule has 0 saturated heterocycles. The highest BCUT2D eigenvalue weighted by atomic mass is 16.4.